The number of nitriles is 1. The number of hydrogen-bond donors (Lipinski definition) is 1. The van der Waals surface area contributed by atoms with Crippen molar-refractivity contribution >= 4 is 48.9 Å². The van der Waals surface area contributed by atoms with Crippen molar-refractivity contribution in [1.82, 2.24) is 9.88 Å². The number of nitrogens with one attached hydrogen (secondary N) is 1. The fraction of sp³-hybridized carbons (Fsp3) is 0.316. The van der Waals surface area contributed by atoms with Gasteiger partial charge in [-0.1, -0.05) is 29.5 Å². The highest BCUT2D eigenvalue weighted by Gasteiger charge is 2.44. The lowest BCUT2D eigenvalue weighted by atomic mass is 9.76. The molecule has 2 aromatic heterocycles. The zero-order chi connectivity index (χ0) is 18.3. The van der Waals surface area contributed by atoms with Gasteiger partial charge in [-0.3, -0.25) is 4.79 Å². The van der Waals surface area contributed by atoms with Gasteiger partial charge in [0.25, 0.3) is 5.91 Å². The van der Waals surface area contributed by atoms with Gasteiger partial charge in [-0.15, -0.1) is 11.3 Å². The highest BCUT2D eigenvalue weighted by Crippen LogP contribution is 2.39. The van der Waals surface area contributed by atoms with Gasteiger partial charge in [0.2, 0.25) is 0 Å². The molecule has 0 radical (unpaired) electrons. The minimum absolute atomic E-state index is 0.0881. The zero-order valence-corrected chi connectivity index (χ0v) is 16.2. The Morgan fingerprint density at radius 2 is 2.12 bits per heavy atom. The van der Waals surface area contributed by atoms with Crippen molar-refractivity contribution in [3.8, 4) is 6.07 Å². The molecule has 26 heavy (non-hydrogen) atoms. The number of thiazole rings is 1. The van der Waals surface area contributed by atoms with Gasteiger partial charge in [0.1, 0.15) is 10.4 Å². The molecule has 4 rings (SSSR count). The van der Waals surface area contributed by atoms with Crippen LogP contribution in [0.1, 0.15) is 34.5 Å². The summed E-state index contributed by atoms with van der Waals surface area (Å²) in [6.07, 6.45) is 2.52. The largest absolute Gasteiger partial charge is 0.331 e. The first-order valence-corrected chi connectivity index (χ1v) is 10.1. The van der Waals surface area contributed by atoms with Crippen molar-refractivity contribution in [2.24, 2.45) is 0 Å². The molecule has 0 bridgehead atoms. The van der Waals surface area contributed by atoms with E-state index in [0.717, 1.165) is 45.2 Å². The van der Waals surface area contributed by atoms with Crippen LogP contribution in [0, 0.1) is 18.3 Å². The Morgan fingerprint density at radius 3 is 2.73 bits per heavy atom. The summed E-state index contributed by atoms with van der Waals surface area (Å²) in [5, 5.41) is 13.6. The highest BCUT2D eigenvalue weighted by molar-refractivity contribution is 7.29. The molecule has 1 aromatic carbocycles. The van der Waals surface area contributed by atoms with Crippen LogP contribution in [0.25, 0.3) is 9.53 Å². The molecular formula is C19H18N4OS2. The summed E-state index contributed by atoms with van der Waals surface area (Å²) in [5.74, 6) is -0.0881. The number of nitrogens with zero attached hydrogens (tertiary/aromatic N) is 3. The van der Waals surface area contributed by atoms with Gasteiger partial charge in [-0.05, 0) is 43.9 Å². The first-order chi connectivity index (χ1) is 12.5. The average molecular weight is 383 g/mol. The van der Waals surface area contributed by atoms with Crippen LogP contribution in [0.5, 0.6) is 0 Å². The molecule has 0 saturated heterocycles. The van der Waals surface area contributed by atoms with Gasteiger partial charge in [0, 0.05) is 12.7 Å². The number of rotatable bonds is 4. The maximum absolute atomic E-state index is 12.8. The van der Waals surface area contributed by atoms with E-state index in [-0.39, 0.29) is 5.91 Å². The number of amides is 1. The lowest BCUT2D eigenvalue weighted by molar-refractivity contribution is 0.0502. The Hall–Kier alpha value is -2.43. The molecule has 1 amide bonds. The van der Waals surface area contributed by atoms with E-state index >= 15 is 0 Å². The average Bonchev–Trinajstić information content (AvgIpc) is 3.14. The number of aryl methyl sites for hydroxylation is 1. The normalized spacial score (nSPS) is 15.3. The Morgan fingerprint density at radius 1 is 1.35 bits per heavy atom. The molecule has 0 unspecified atom stereocenters. The van der Waals surface area contributed by atoms with Crippen LogP contribution in [-0.4, -0.2) is 28.4 Å². The Kier molecular flexibility index (Phi) is 4.17. The Balaban J connectivity index is 1.56. The maximum Gasteiger partial charge on any atom is 0.265 e. The van der Waals surface area contributed by atoms with Crippen LogP contribution in [-0.2, 0) is 0 Å². The second-order valence-electron chi connectivity index (χ2n) is 6.60. The van der Waals surface area contributed by atoms with E-state index in [0.29, 0.717) is 4.88 Å². The molecule has 0 aliphatic heterocycles. The molecule has 1 aliphatic carbocycles. The zero-order valence-electron chi connectivity index (χ0n) is 14.6. The van der Waals surface area contributed by atoms with Gasteiger partial charge in [-0.2, -0.15) is 5.26 Å². The van der Waals surface area contributed by atoms with Crippen molar-refractivity contribution in [2.45, 2.75) is 31.7 Å². The van der Waals surface area contributed by atoms with Crippen LogP contribution in [0.3, 0.4) is 0 Å². The van der Waals surface area contributed by atoms with Crippen molar-refractivity contribution in [2.75, 3.05) is 12.4 Å². The molecular weight excluding hydrogens is 364 g/mol. The molecule has 3 aromatic rings. The van der Waals surface area contributed by atoms with E-state index in [9.17, 15) is 10.1 Å². The second-order valence-corrected chi connectivity index (χ2v) is 8.66. The van der Waals surface area contributed by atoms with E-state index in [1.165, 1.54) is 22.7 Å². The third-order valence-electron chi connectivity index (χ3n) is 5.02. The lowest BCUT2D eigenvalue weighted by Crippen LogP contribution is -2.53. The van der Waals surface area contributed by atoms with Gasteiger partial charge >= 0.3 is 0 Å². The number of anilines is 2. The van der Waals surface area contributed by atoms with E-state index in [1.54, 1.807) is 11.9 Å². The van der Waals surface area contributed by atoms with Gasteiger partial charge in [0.05, 0.1) is 15.6 Å². The Bertz CT molecular complexity index is 994. The molecule has 7 heteroatoms. The molecule has 0 spiro atoms. The fourth-order valence-corrected chi connectivity index (χ4v) is 5.22. The number of fused-ring (bicyclic) bond motifs is 1. The molecule has 132 valence electrons. The molecule has 0 atom stereocenters. The van der Waals surface area contributed by atoms with Gasteiger partial charge in [0.15, 0.2) is 5.13 Å². The predicted molar refractivity (Wildman–Crippen MR) is 106 cm³/mol. The summed E-state index contributed by atoms with van der Waals surface area (Å²) in [6, 6.07) is 12.3. The van der Waals surface area contributed by atoms with Crippen molar-refractivity contribution < 1.29 is 4.79 Å². The van der Waals surface area contributed by atoms with E-state index in [2.05, 4.69) is 29.4 Å². The minimum atomic E-state index is -0.626. The molecule has 1 aliphatic rings. The Labute approximate surface area is 159 Å². The third kappa shape index (κ3) is 2.75. The number of carbonyl (C=O) groups is 1. The molecule has 1 saturated carbocycles. The van der Waals surface area contributed by atoms with Crippen LogP contribution < -0.4 is 5.32 Å². The monoisotopic (exact) mass is 382 g/mol. The van der Waals surface area contributed by atoms with E-state index < -0.39 is 5.54 Å². The van der Waals surface area contributed by atoms with Crippen LogP contribution >= 0.6 is 22.7 Å². The molecule has 1 fully saturated rings. The number of hydrogen-bond acceptors (Lipinski definition) is 6. The number of para-hydroxylation sites is 1. The minimum Gasteiger partial charge on any atom is -0.331 e. The summed E-state index contributed by atoms with van der Waals surface area (Å²) in [4.78, 5) is 20.5. The smallest absolute Gasteiger partial charge is 0.265 e. The highest BCUT2D eigenvalue weighted by atomic mass is 32.1. The number of benzene rings is 1. The van der Waals surface area contributed by atoms with E-state index in [1.807, 2.05) is 24.3 Å². The first-order valence-electron chi connectivity index (χ1n) is 8.45. The van der Waals surface area contributed by atoms with Crippen molar-refractivity contribution in [3.05, 3.63) is 40.8 Å². The number of aromatic nitrogens is 1. The SMILES string of the molecule is Cc1ccccc1Nc1nc2sc(C(=O)N(C)C3(C#N)CCC3)cc2s1. The van der Waals surface area contributed by atoms with Crippen LogP contribution in [0.2, 0.25) is 0 Å². The maximum atomic E-state index is 12.8. The molecule has 2 heterocycles. The van der Waals surface area contributed by atoms with E-state index in [4.69, 9.17) is 0 Å². The van der Waals surface area contributed by atoms with Crippen LogP contribution in [0.15, 0.2) is 30.3 Å². The van der Waals surface area contributed by atoms with Crippen LogP contribution in [0.4, 0.5) is 10.8 Å². The molecule has 5 nitrogen and oxygen atoms in total. The standard InChI is InChI=1S/C19H18N4OS2/c1-12-6-3-4-7-13(12)21-18-22-16-14(26-18)10-15(25-16)17(24)23(2)19(11-20)8-5-9-19/h3-4,6-7,10H,5,8-9H2,1-2H3,(H,21,22). The summed E-state index contributed by atoms with van der Waals surface area (Å²) >= 11 is 2.93. The summed E-state index contributed by atoms with van der Waals surface area (Å²) in [6.45, 7) is 2.05. The molecule has 1 N–H and O–H groups in total. The van der Waals surface area contributed by atoms with Crippen molar-refractivity contribution in [1.29, 1.82) is 5.26 Å². The van der Waals surface area contributed by atoms with Crippen molar-refractivity contribution in [3.63, 3.8) is 0 Å². The topological polar surface area (TPSA) is 69.0 Å². The third-order valence-corrected chi connectivity index (χ3v) is 7.09. The quantitative estimate of drug-likeness (QED) is 0.695. The second kappa shape index (κ2) is 6.38. The van der Waals surface area contributed by atoms with Gasteiger partial charge in [-0.25, -0.2) is 4.98 Å². The van der Waals surface area contributed by atoms with Gasteiger partial charge < -0.3 is 10.2 Å². The first kappa shape index (κ1) is 17.0. The number of carbonyl (C=O) groups excluding carboxylic acids is 1. The summed E-state index contributed by atoms with van der Waals surface area (Å²) in [5.41, 5.74) is 1.57. The lowest BCUT2D eigenvalue weighted by Gasteiger charge is -2.42. The predicted octanol–water partition coefficient (Wildman–Crippen LogP) is 4.93. The number of thiophene rings is 1. The summed E-state index contributed by atoms with van der Waals surface area (Å²) in [7, 11) is 1.73. The summed E-state index contributed by atoms with van der Waals surface area (Å²) < 4.78 is 0.988. The fourth-order valence-electron chi connectivity index (χ4n) is 3.12.